The zero-order chi connectivity index (χ0) is 9.31. The maximum atomic E-state index is 12.1. The van der Waals surface area contributed by atoms with E-state index in [2.05, 4.69) is 12.2 Å². The highest BCUT2D eigenvalue weighted by Gasteiger charge is 2.39. The van der Waals surface area contributed by atoms with Gasteiger partial charge in [0.05, 0.1) is 5.41 Å². The molecule has 2 saturated heterocycles. The molecule has 1 atom stereocenters. The molecule has 2 rings (SSSR count). The quantitative estimate of drug-likeness (QED) is 0.644. The van der Waals surface area contributed by atoms with Crippen LogP contribution >= 0.6 is 0 Å². The fourth-order valence-corrected chi connectivity index (χ4v) is 2.30. The Kier molecular flexibility index (Phi) is 2.28. The minimum Gasteiger partial charge on any atom is -0.342 e. The molecule has 3 nitrogen and oxygen atoms in total. The molecule has 0 bridgehead atoms. The molecule has 2 aliphatic heterocycles. The summed E-state index contributed by atoms with van der Waals surface area (Å²) >= 11 is 0. The highest BCUT2D eigenvalue weighted by Crippen LogP contribution is 2.28. The molecule has 1 amide bonds. The number of likely N-dealkylation sites (tertiary alicyclic amines) is 1. The molecule has 0 aromatic carbocycles. The summed E-state index contributed by atoms with van der Waals surface area (Å²) in [7, 11) is 0. The van der Waals surface area contributed by atoms with Gasteiger partial charge in [0, 0.05) is 19.6 Å². The molecule has 0 saturated carbocycles. The van der Waals surface area contributed by atoms with Crippen molar-refractivity contribution in [3.8, 4) is 0 Å². The lowest BCUT2D eigenvalue weighted by atomic mass is 9.88. The van der Waals surface area contributed by atoms with Gasteiger partial charge in [0.1, 0.15) is 0 Å². The normalized spacial score (nSPS) is 34.1. The van der Waals surface area contributed by atoms with Crippen LogP contribution in [0.25, 0.3) is 0 Å². The number of carbonyl (C=O) groups is 1. The van der Waals surface area contributed by atoms with E-state index < -0.39 is 0 Å². The SMILES string of the molecule is C[C@]1(C(=O)N2CCCC2)CCNC1. The van der Waals surface area contributed by atoms with E-state index in [-0.39, 0.29) is 5.41 Å². The molecule has 74 valence electrons. The summed E-state index contributed by atoms with van der Waals surface area (Å²) in [5.41, 5.74) is -0.107. The summed E-state index contributed by atoms with van der Waals surface area (Å²) in [6, 6.07) is 0. The average molecular weight is 182 g/mol. The predicted octanol–water partition coefficient (Wildman–Crippen LogP) is 0.608. The van der Waals surface area contributed by atoms with Gasteiger partial charge in [-0.15, -0.1) is 0 Å². The molecule has 1 N–H and O–H groups in total. The lowest BCUT2D eigenvalue weighted by Gasteiger charge is -2.27. The molecule has 2 fully saturated rings. The van der Waals surface area contributed by atoms with E-state index in [1.807, 2.05) is 4.90 Å². The average Bonchev–Trinajstić information content (AvgIpc) is 2.73. The summed E-state index contributed by atoms with van der Waals surface area (Å²) in [6.07, 6.45) is 3.38. The Morgan fingerprint density at radius 1 is 1.38 bits per heavy atom. The van der Waals surface area contributed by atoms with Crippen molar-refractivity contribution in [1.29, 1.82) is 0 Å². The minimum absolute atomic E-state index is 0.107. The Labute approximate surface area is 79.5 Å². The van der Waals surface area contributed by atoms with Gasteiger partial charge in [0.25, 0.3) is 0 Å². The molecule has 0 aromatic rings. The zero-order valence-corrected chi connectivity index (χ0v) is 8.31. The maximum Gasteiger partial charge on any atom is 0.229 e. The molecule has 0 radical (unpaired) electrons. The van der Waals surface area contributed by atoms with Gasteiger partial charge < -0.3 is 10.2 Å². The molecule has 2 heterocycles. The Bertz CT molecular complexity index is 203. The number of carbonyl (C=O) groups excluding carboxylic acids is 1. The van der Waals surface area contributed by atoms with E-state index in [1.165, 1.54) is 12.8 Å². The molecular weight excluding hydrogens is 164 g/mol. The van der Waals surface area contributed by atoms with Gasteiger partial charge in [-0.25, -0.2) is 0 Å². The first-order valence-corrected chi connectivity index (χ1v) is 5.22. The summed E-state index contributed by atoms with van der Waals surface area (Å²) in [6.45, 7) is 5.91. The van der Waals surface area contributed by atoms with E-state index in [4.69, 9.17) is 0 Å². The number of amides is 1. The molecule has 3 heteroatoms. The Balaban J connectivity index is 2.02. The third-order valence-electron chi connectivity index (χ3n) is 3.28. The molecule has 0 aromatic heterocycles. The van der Waals surface area contributed by atoms with Crippen LogP contribution in [0.5, 0.6) is 0 Å². The van der Waals surface area contributed by atoms with Crippen molar-refractivity contribution in [3.63, 3.8) is 0 Å². The first kappa shape index (κ1) is 9.00. The number of rotatable bonds is 1. The van der Waals surface area contributed by atoms with Crippen LogP contribution in [0.1, 0.15) is 26.2 Å². The van der Waals surface area contributed by atoms with E-state index >= 15 is 0 Å². The topological polar surface area (TPSA) is 32.3 Å². The van der Waals surface area contributed by atoms with Crippen molar-refractivity contribution >= 4 is 5.91 Å². The monoisotopic (exact) mass is 182 g/mol. The van der Waals surface area contributed by atoms with Crippen molar-refractivity contribution in [3.05, 3.63) is 0 Å². The largest absolute Gasteiger partial charge is 0.342 e. The molecule has 0 spiro atoms. The minimum atomic E-state index is -0.107. The first-order valence-electron chi connectivity index (χ1n) is 5.22. The summed E-state index contributed by atoms with van der Waals surface area (Å²) in [5.74, 6) is 0.370. The van der Waals surface area contributed by atoms with Crippen LogP contribution < -0.4 is 5.32 Å². The second-order valence-electron chi connectivity index (χ2n) is 4.49. The van der Waals surface area contributed by atoms with Gasteiger partial charge in [0.15, 0.2) is 0 Å². The smallest absolute Gasteiger partial charge is 0.229 e. The van der Waals surface area contributed by atoms with E-state index in [0.29, 0.717) is 5.91 Å². The van der Waals surface area contributed by atoms with Gasteiger partial charge in [-0.3, -0.25) is 4.79 Å². The van der Waals surface area contributed by atoms with E-state index in [1.54, 1.807) is 0 Å². The molecular formula is C10H18N2O. The summed E-state index contributed by atoms with van der Waals surface area (Å²) in [5, 5.41) is 3.27. The van der Waals surface area contributed by atoms with Gasteiger partial charge >= 0.3 is 0 Å². The highest BCUT2D eigenvalue weighted by atomic mass is 16.2. The van der Waals surface area contributed by atoms with Crippen molar-refractivity contribution in [2.24, 2.45) is 5.41 Å². The molecule has 13 heavy (non-hydrogen) atoms. The van der Waals surface area contributed by atoms with Gasteiger partial charge in [-0.2, -0.15) is 0 Å². The Hall–Kier alpha value is -0.570. The lowest BCUT2D eigenvalue weighted by Crippen LogP contribution is -2.42. The fraction of sp³-hybridized carbons (Fsp3) is 0.900. The van der Waals surface area contributed by atoms with Gasteiger partial charge in [-0.1, -0.05) is 0 Å². The molecule has 2 aliphatic rings. The van der Waals surface area contributed by atoms with Crippen LogP contribution in [-0.2, 0) is 4.79 Å². The number of hydrogen-bond acceptors (Lipinski definition) is 2. The second-order valence-corrected chi connectivity index (χ2v) is 4.49. The summed E-state index contributed by atoms with van der Waals surface area (Å²) < 4.78 is 0. The van der Waals surface area contributed by atoms with Crippen LogP contribution in [0, 0.1) is 5.41 Å². The zero-order valence-electron chi connectivity index (χ0n) is 8.31. The lowest BCUT2D eigenvalue weighted by molar-refractivity contribution is -0.139. The van der Waals surface area contributed by atoms with Gasteiger partial charge in [-0.05, 0) is 32.7 Å². The Morgan fingerprint density at radius 2 is 2.08 bits per heavy atom. The maximum absolute atomic E-state index is 12.1. The van der Waals surface area contributed by atoms with Crippen LogP contribution in [0.2, 0.25) is 0 Å². The first-order chi connectivity index (χ1) is 6.22. The third-order valence-corrected chi connectivity index (χ3v) is 3.28. The Morgan fingerprint density at radius 3 is 2.62 bits per heavy atom. The number of nitrogens with one attached hydrogen (secondary N) is 1. The van der Waals surface area contributed by atoms with Crippen LogP contribution in [-0.4, -0.2) is 37.0 Å². The van der Waals surface area contributed by atoms with Crippen molar-refractivity contribution < 1.29 is 4.79 Å². The van der Waals surface area contributed by atoms with E-state index in [9.17, 15) is 4.79 Å². The second kappa shape index (κ2) is 3.29. The fourth-order valence-electron chi connectivity index (χ4n) is 2.30. The molecule has 0 aliphatic carbocycles. The van der Waals surface area contributed by atoms with Crippen molar-refractivity contribution in [1.82, 2.24) is 10.2 Å². The van der Waals surface area contributed by atoms with Crippen LogP contribution in [0.3, 0.4) is 0 Å². The summed E-state index contributed by atoms with van der Waals surface area (Å²) in [4.78, 5) is 14.1. The van der Waals surface area contributed by atoms with Gasteiger partial charge in [0.2, 0.25) is 5.91 Å². The molecule has 0 unspecified atom stereocenters. The van der Waals surface area contributed by atoms with E-state index in [0.717, 1.165) is 32.6 Å². The highest BCUT2D eigenvalue weighted by molar-refractivity contribution is 5.83. The third kappa shape index (κ3) is 1.57. The predicted molar refractivity (Wildman–Crippen MR) is 51.4 cm³/mol. The number of hydrogen-bond donors (Lipinski definition) is 1. The van der Waals surface area contributed by atoms with Crippen LogP contribution in [0.15, 0.2) is 0 Å². The number of nitrogens with zero attached hydrogens (tertiary/aromatic N) is 1. The van der Waals surface area contributed by atoms with Crippen LogP contribution in [0.4, 0.5) is 0 Å². The standard InChI is InChI=1S/C10H18N2O/c1-10(4-5-11-8-10)9(13)12-6-2-3-7-12/h11H,2-8H2,1H3/t10-/m0/s1. The van der Waals surface area contributed by atoms with Crippen molar-refractivity contribution in [2.75, 3.05) is 26.2 Å². The van der Waals surface area contributed by atoms with Crippen molar-refractivity contribution in [2.45, 2.75) is 26.2 Å².